The predicted molar refractivity (Wildman–Crippen MR) is 68.7 cm³/mol. The summed E-state index contributed by atoms with van der Waals surface area (Å²) < 4.78 is 5.25. The predicted octanol–water partition coefficient (Wildman–Crippen LogP) is 1.39. The van der Waals surface area contributed by atoms with Gasteiger partial charge >= 0.3 is 0 Å². The molecule has 1 saturated heterocycles. The Morgan fingerprint density at radius 2 is 2.18 bits per heavy atom. The van der Waals surface area contributed by atoms with Crippen LogP contribution in [-0.4, -0.2) is 43.2 Å². The molecule has 1 heterocycles. The van der Waals surface area contributed by atoms with Gasteiger partial charge in [0.15, 0.2) is 0 Å². The molecule has 0 aromatic rings. The molecular weight excluding hydrogens is 216 g/mol. The van der Waals surface area contributed by atoms with Crippen molar-refractivity contribution in [3.63, 3.8) is 0 Å². The average molecular weight is 242 g/mol. The number of nitrogens with two attached hydrogens (primary N) is 1. The number of ether oxygens (including phenoxy) is 1. The molecule has 0 radical (unpaired) electrons. The van der Waals surface area contributed by atoms with Crippen LogP contribution in [0.4, 0.5) is 0 Å². The fraction of sp³-hybridized carbons (Fsp3) is 0.923. The Hall–Kier alpha value is -0.610. The molecule has 0 spiro atoms. The summed E-state index contributed by atoms with van der Waals surface area (Å²) in [6, 6.07) is -0.0379. The fourth-order valence-electron chi connectivity index (χ4n) is 2.36. The molecule has 0 saturated carbocycles. The normalized spacial score (nSPS) is 22.9. The third kappa shape index (κ3) is 5.04. The third-order valence-corrected chi connectivity index (χ3v) is 3.14. The van der Waals surface area contributed by atoms with E-state index in [1.807, 2.05) is 4.90 Å². The molecule has 0 aromatic carbocycles. The summed E-state index contributed by atoms with van der Waals surface area (Å²) in [5.74, 6) is 0.168. The van der Waals surface area contributed by atoms with Gasteiger partial charge in [-0.15, -0.1) is 0 Å². The van der Waals surface area contributed by atoms with Crippen molar-refractivity contribution in [1.82, 2.24) is 4.90 Å². The summed E-state index contributed by atoms with van der Waals surface area (Å²) in [6.45, 7) is 7.97. The minimum absolute atomic E-state index is 0.0379. The van der Waals surface area contributed by atoms with Crippen LogP contribution in [0, 0.1) is 5.41 Å². The Balaban J connectivity index is 2.34. The van der Waals surface area contributed by atoms with E-state index in [1.54, 1.807) is 7.11 Å². The number of rotatable bonds is 4. The van der Waals surface area contributed by atoms with Crippen molar-refractivity contribution in [3.05, 3.63) is 0 Å². The van der Waals surface area contributed by atoms with Crippen molar-refractivity contribution < 1.29 is 9.53 Å². The van der Waals surface area contributed by atoms with Crippen LogP contribution in [0.1, 0.15) is 40.0 Å². The van der Waals surface area contributed by atoms with Gasteiger partial charge in [-0.1, -0.05) is 20.8 Å². The van der Waals surface area contributed by atoms with E-state index < -0.39 is 0 Å². The standard InChI is InChI=1S/C13H26N2O2/c1-13(2,3)8-10(14)7-12(16)15-6-5-11(9-15)17-4/h10-11H,5-9,14H2,1-4H3. The first-order valence-electron chi connectivity index (χ1n) is 6.38. The van der Waals surface area contributed by atoms with Gasteiger partial charge in [-0.25, -0.2) is 0 Å². The maximum Gasteiger partial charge on any atom is 0.224 e. The van der Waals surface area contributed by atoms with Crippen molar-refractivity contribution in [1.29, 1.82) is 0 Å². The lowest BCUT2D eigenvalue weighted by atomic mass is 9.87. The first kappa shape index (κ1) is 14.5. The van der Waals surface area contributed by atoms with Gasteiger partial charge in [-0.3, -0.25) is 4.79 Å². The summed E-state index contributed by atoms with van der Waals surface area (Å²) in [7, 11) is 1.70. The van der Waals surface area contributed by atoms with Crippen LogP contribution < -0.4 is 5.73 Å². The lowest BCUT2D eigenvalue weighted by molar-refractivity contribution is -0.131. The minimum atomic E-state index is -0.0379. The van der Waals surface area contributed by atoms with Crippen LogP contribution in [0.2, 0.25) is 0 Å². The molecule has 100 valence electrons. The summed E-state index contributed by atoms with van der Waals surface area (Å²) in [4.78, 5) is 13.9. The Morgan fingerprint density at radius 1 is 1.53 bits per heavy atom. The number of carbonyl (C=O) groups excluding carboxylic acids is 1. The zero-order valence-electron chi connectivity index (χ0n) is 11.5. The van der Waals surface area contributed by atoms with Gasteiger partial charge in [0, 0.05) is 32.7 Å². The second-order valence-corrected chi connectivity index (χ2v) is 6.22. The molecule has 0 bridgehead atoms. The smallest absolute Gasteiger partial charge is 0.224 e. The second kappa shape index (κ2) is 5.83. The summed E-state index contributed by atoms with van der Waals surface area (Å²) in [5.41, 5.74) is 6.20. The monoisotopic (exact) mass is 242 g/mol. The SMILES string of the molecule is COC1CCN(C(=O)CC(N)CC(C)(C)C)C1. The minimum Gasteiger partial charge on any atom is -0.380 e. The number of methoxy groups -OCH3 is 1. The van der Waals surface area contributed by atoms with Gasteiger partial charge in [0.1, 0.15) is 0 Å². The molecule has 4 heteroatoms. The Kier molecular flexibility index (Phi) is 4.95. The molecule has 0 aliphatic carbocycles. The highest BCUT2D eigenvalue weighted by atomic mass is 16.5. The van der Waals surface area contributed by atoms with Crippen LogP contribution >= 0.6 is 0 Å². The topological polar surface area (TPSA) is 55.6 Å². The molecule has 2 atom stereocenters. The Labute approximate surface area is 104 Å². The zero-order valence-corrected chi connectivity index (χ0v) is 11.5. The molecule has 1 aliphatic heterocycles. The third-order valence-electron chi connectivity index (χ3n) is 3.14. The van der Waals surface area contributed by atoms with E-state index in [9.17, 15) is 4.79 Å². The van der Waals surface area contributed by atoms with E-state index in [-0.39, 0.29) is 23.5 Å². The molecule has 4 nitrogen and oxygen atoms in total. The largest absolute Gasteiger partial charge is 0.380 e. The highest BCUT2D eigenvalue weighted by Crippen LogP contribution is 2.22. The van der Waals surface area contributed by atoms with Gasteiger partial charge in [0.2, 0.25) is 5.91 Å². The lowest BCUT2D eigenvalue weighted by Crippen LogP contribution is -2.36. The van der Waals surface area contributed by atoms with E-state index in [0.717, 1.165) is 25.9 Å². The fourth-order valence-corrected chi connectivity index (χ4v) is 2.36. The van der Waals surface area contributed by atoms with Gasteiger partial charge in [0.25, 0.3) is 0 Å². The maximum absolute atomic E-state index is 12.0. The quantitative estimate of drug-likeness (QED) is 0.810. The molecule has 1 fully saturated rings. The van der Waals surface area contributed by atoms with E-state index in [1.165, 1.54) is 0 Å². The molecular formula is C13H26N2O2. The van der Waals surface area contributed by atoms with Gasteiger partial charge < -0.3 is 15.4 Å². The molecule has 2 N–H and O–H groups in total. The molecule has 1 aliphatic rings. The second-order valence-electron chi connectivity index (χ2n) is 6.22. The number of hydrogen-bond donors (Lipinski definition) is 1. The van der Waals surface area contributed by atoms with Gasteiger partial charge in [-0.05, 0) is 18.3 Å². The highest BCUT2D eigenvalue weighted by molar-refractivity contribution is 5.77. The van der Waals surface area contributed by atoms with Crippen molar-refractivity contribution in [2.75, 3.05) is 20.2 Å². The number of carbonyl (C=O) groups is 1. The average Bonchev–Trinajstić information content (AvgIpc) is 2.62. The van der Waals surface area contributed by atoms with Crippen molar-refractivity contribution in [3.8, 4) is 0 Å². The number of likely N-dealkylation sites (tertiary alicyclic amines) is 1. The number of amides is 1. The maximum atomic E-state index is 12.0. The Bertz CT molecular complexity index is 261. The number of hydrogen-bond acceptors (Lipinski definition) is 3. The summed E-state index contributed by atoms with van der Waals surface area (Å²) >= 11 is 0. The molecule has 1 rings (SSSR count). The van der Waals surface area contributed by atoms with Crippen molar-refractivity contribution in [2.45, 2.75) is 52.2 Å². The zero-order chi connectivity index (χ0) is 13.1. The van der Waals surface area contributed by atoms with E-state index in [2.05, 4.69) is 20.8 Å². The molecule has 0 aromatic heterocycles. The summed E-state index contributed by atoms with van der Waals surface area (Å²) in [5, 5.41) is 0. The van der Waals surface area contributed by atoms with Crippen LogP contribution in [0.3, 0.4) is 0 Å². The molecule has 17 heavy (non-hydrogen) atoms. The van der Waals surface area contributed by atoms with Crippen LogP contribution in [0.5, 0.6) is 0 Å². The first-order valence-corrected chi connectivity index (χ1v) is 6.38. The van der Waals surface area contributed by atoms with Crippen molar-refractivity contribution >= 4 is 5.91 Å². The van der Waals surface area contributed by atoms with E-state index in [0.29, 0.717) is 6.42 Å². The Morgan fingerprint density at radius 3 is 2.65 bits per heavy atom. The van der Waals surface area contributed by atoms with Crippen LogP contribution in [0.25, 0.3) is 0 Å². The van der Waals surface area contributed by atoms with E-state index in [4.69, 9.17) is 10.5 Å². The summed E-state index contributed by atoms with van der Waals surface area (Å²) in [6.07, 6.45) is 2.47. The van der Waals surface area contributed by atoms with E-state index >= 15 is 0 Å². The van der Waals surface area contributed by atoms with Crippen LogP contribution in [0.15, 0.2) is 0 Å². The molecule has 2 unspecified atom stereocenters. The molecule has 1 amide bonds. The number of nitrogens with zero attached hydrogens (tertiary/aromatic N) is 1. The lowest BCUT2D eigenvalue weighted by Gasteiger charge is -2.24. The van der Waals surface area contributed by atoms with Crippen molar-refractivity contribution in [2.24, 2.45) is 11.1 Å². The van der Waals surface area contributed by atoms with Crippen LogP contribution in [-0.2, 0) is 9.53 Å². The highest BCUT2D eigenvalue weighted by Gasteiger charge is 2.27. The van der Waals surface area contributed by atoms with Gasteiger partial charge in [0.05, 0.1) is 6.10 Å². The first-order chi connectivity index (χ1) is 7.81. The van der Waals surface area contributed by atoms with Gasteiger partial charge in [-0.2, -0.15) is 0 Å².